The van der Waals surface area contributed by atoms with Crippen molar-refractivity contribution >= 4 is 34.6 Å². The molecule has 0 spiro atoms. The number of anilines is 2. The molecule has 2 N–H and O–H groups in total. The van der Waals surface area contributed by atoms with Gasteiger partial charge in [-0.3, -0.25) is 4.79 Å². The molecule has 5 heteroatoms. The van der Waals surface area contributed by atoms with Crippen LogP contribution in [0.2, 0.25) is 5.02 Å². The molecule has 96 valence electrons. The van der Waals surface area contributed by atoms with E-state index in [0.717, 1.165) is 12.1 Å². The first-order valence-electron chi connectivity index (χ1n) is 5.91. The van der Waals surface area contributed by atoms with Gasteiger partial charge in [-0.05, 0) is 30.5 Å². The number of nitrogens with zero attached hydrogens (tertiary/aromatic N) is 2. The number of carbonyl (C=O) groups is 1. The fourth-order valence-corrected chi connectivity index (χ4v) is 2.15. The molecule has 1 aromatic carbocycles. The van der Waals surface area contributed by atoms with Crippen LogP contribution >= 0.6 is 11.6 Å². The zero-order valence-corrected chi connectivity index (χ0v) is 11.2. The summed E-state index contributed by atoms with van der Waals surface area (Å²) in [6, 6.07) is 5.05. The molecule has 1 aliphatic rings. The van der Waals surface area contributed by atoms with Gasteiger partial charge in [0.1, 0.15) is 0 Å². The average molecular weight is 266 g/mol. The summed E-state index contributed by atoms with van der Waals surface area (Å²) in [5, 5.41) is 6.28. The normalized spacial score (nSPS) is 15.4. The lowest BCUT2D eigenvalue weighted by atomic mass is 10.1. The molecule has 0 aromatic heterocycles. The van der Waals surface area contributed by atoms with E-state index in [2.05, 4.69) is 18.9 Å². The molecule has 0 bridgehead atoms. The Hall–Kier alpha value is -1.55. The summed E-state index contributed by atoms with van der Waals surface area (Å²) in [6.07, 6.45) is 1.20. The van der Waals surface area contributed by atoms with E-state index >= 15 is 0 Å². The van der Waals surface area contributed by atoms with Crippen molar-refractivity contribution in [1.82, 2.24) is 0 Å². The van der Waals surface area contributed by atoms with Crippen molar-refractivity contribution in [2.75, 3.05) is 10.7 Å². The van der Waals surface area contributed by atoms with Crippen LogP contribution in [0.5, 0.6) is 0 Å². The Kier molecular flexibility index (Phi) is 3.57. The van der Waals surface area contributed by atoms with Crippen LogP contribution in [0.15, 0.2) is 23.3 Å². The summed E-state index contributed by atoms with van der Waals surface area (Å²) in [5.74, 6) is 0.443. The first-order chi connectivity index (χ1) is 8.47. The first-order valence-corrected chi connectivity index (χ1v) is 6.29. The molecule has 1 amide bonds. The highest BCUT2D eigenvalue weighted by molar-refractivity contribution is 6.31. The Bertz CT molecular complexity index is 511. The van der Waals surface area contributed by atoms with E-state index in [4.69, 9.17) is 17.3 Å². The summed E-state index contributed by atoms with van der Waals surface area (Å²) >= 11 is 5.84. The van der Waals surface area contributed by atoms with Crippen LogP contribution in [0.3, 0.4) is 0 Å². The molecule has 1 aliphatic heterocycles. The molecule has 18 heavy (non-hydrogen) atoms. The van der Waals surface area contributed by atoms with E-state index in [1.807, 2.05) is 0 Å². The smallest absolute Gasteiger partial charge is 0.253 e. The molecule has 1 aromatic rings. The molecule has 1 heterocycles. The van der Waals surface area contributed by atoms with Crippen LogP contribution in [0.1, 0.15) is 26.7 Å². The number of hydrazone groups is 1. The minimum atomic E-state index is -0.0420. The Balaban J connectivity index is 2.27. The summed E-state index contributed by atoms with van der Waals surface area (Å²) in [7, 11) is 0. The molecule has 4 nitrogen and oxygen atoms in total. The zero-order valence-electron chi connectivity index (χ0n) is 10.5. The monoisotopic (exact) mass is 265 g/mol. The van der Waals surface area contributed by atoms with E-state index in [9.17, 15) is 4.79 Å². The molecule has 0 saturated carbocycles. The maximum atomic E-state index is 11.9. The number of amides is 1. The highest BCUT2D eigenvalue weighted by atomic mass is 35.5. The third-order valence-corrected chi connectivity index (χ3v) is 2.93. The minimum absolute atomic E-state index is 0.0420. The molecular formula is C13H16ClN3O. The molecule has 0 aliphatic carbocycles. The number of hydrogen-bond donors (Lipinski definition) is 1. The second-order valence-electron chi connectivity index (χ2n) is 4.85. The van der Waals surface area contributed by atoms with Crippen LogP contribution in [-0.2, 0) is 4.79 Å². The second-order valence-corrected chi connectivity index (χ2v) is 5.29. The second kappa shape index (κ2) is 4.98. The van der Waals surface area contributed by atoms with E-state index in [0.29, 0.717) is 28.7 Å². The SMILES string of the molecule is CC(C)CC1=NN(c2ccc(Cl)cc2N)C(=O)C1. The third-order valence-electron chi connectivity index (χ3n) is 2.69. The van der Waals surface area contributed by atoms with Gasteiger partial charge < -0.3 is 5.73 Å². The van der Waals surface area contributed by atoms with Crippen molar-refractivity contribution in [2.45, 2.75) is 26.7 Å². The van der Waals surface area contributed by atoms with Gasteiger partial charge in [-0.15, -0.1) is 0 Å². The largest absolute Gasteiger partial charge is 0.397 e. The lowest BCUT2D eigenvalue weighted by Crippen LogP contribution is -2.20. The van der Waals surface area contributed by atoms with Crippen molar-refractivity contribution in [3.05, 3.63) is 23.2 Å². The van der Waals surface area contributed by atoms with Crippen molar-refractivity contribution in [3.8, 4) is 0 Å². The van der Waals surface area contributed by atoms with Crippen LogP contribution in [-0.4, -0.2) is 11.6 Å². The predicted octanol–water partition coefficient (Wildman–Crippen LogP) is 3.06. The first kappa shape index (κ1) is 12.9. The number of benzene rings is 1. The van der Waals surface area contributed by atoms with Gasteiger partial charge in [-0.25, -0.2) is 0 Å². The Morgan fingerprint density at radius 3 is 2.83 bits per heavy atom. The molecule has 2 rings (SSSR count). The Labute approximate surface area is 111 Å². The van der Waals surface area contributed by atoms with Crippen LogP contribution in [0.4, 0.5) is 11.4 Å². The van der Waals surface area contributed by atoms with Gasteiger partial charge in [0.15, 0.2) is 0 Å². The van der Waals surface area contributed by atoms with Gasteiger partial charge >= 0.3 is 0 Å². The maximum absolute atomic E-state index is 11.9. The minimum Gasteiger partial charge on any atom is -0.397 e. The quantitative estimate of drug-likeness (QED) is 0.854. The molecular weight excluding hydrogens is 250 g/mol. The van der Waals surface area contributed by atoms with Crippen molar-refractivity contribution in [1.29, 1.82) is 0 Å². The van der Waals surface area contributed by atoms with E-state index < -0.39 is 0 Å². The number of nitrogen functional groups attached to an aromatic ring is 1. The van der Waals surface area contributed by atoms with Crippen molar-refractivity contribution < 1.29 is 4.79 Å². The van der Waals surface area contributed by atoms with Crippen LogP contribution in [0.25, 0.3) is 0 Å². The summed E-state index contributed by atoms with van der Waals surface area (Å²) in [5.41, 5.74) is 7.83. The zero-order chi connectivity index (χ0) is 13.3. The average Bonchev–Trinajstić information content (AvgIpc) is 2.58. The fourth-order valence-electron chi connectivity index (χ4n) is 1.97. The highest BCUT2D eigenvalue weighted by Gasteiger charge is 2.26. The van der Waals surface area contributed by atoms with E-state index in [1.54, 1.807) is 18.2 Å². The van der Waals surface area contributed by atoms with Crippen LogP contribution < -0.4 is 10.7 Å². The predicted molar refractivity (Wildman–Crippen MR) is 74.9 cm³/mol. The lowest BCUT2D eigenvalue weighted by molar-refractivity contribution is -0.116. The molecule has 0 unspecified atom stereocenters. The Morgan fingerprint density at radius 2 is 2.22 bits per heavy atom. The lowest BCUT2D eigenvalue weighted by Gasteiger charge is -2.14. The number of carbonyl (C=O) groups excluding carboxylic acids is 1. The summed E-state index contributed by atoms with van der Waals surface area (Å²) < 4.78 is 0. The van der Waals surface area contributed by atoms with Gasteiger partial charge in [-0.2, -0.15) is 10.1 Å². The Morgan fingerprint density at radius 1 is 1.50 bits per heavy atom. The van der Waals surface area contributed by atoms with E-state index in [-0.39, 0.29) is 5.91 Å². The van der Waals surface area contributed by atoms with E-state index in [1.165, 1.54) is 5.01 Å². The van der Waals surface area contributed by atoms with Gasteiger partial charge in [0.25, 0.3) is 5.91 Å². The van der Waals surface area contributed by atoms with Gasteiger partial charge in [0.2, 0.25) is 0 Å². The summed E-state index contributed by atoms with van der Waals surface area (Å²) in [6.45, 7) is 4.21. The van der Waals surface area contributed by atoms with Gasteiger partial charge in [-0.1, -0.05) is 25.4 Å². The van der Waals surface area contributed by atoms with Gasteiger partial charge in [0.05, 0.1) is 17.8 Å². The number of rotatable bonds is 3. The van der Waals surface area contributed by atoms with Gasteiger partial charge in [0, 0.05) is 10.7 Å². The summed E-state index contributed by atoms with van der Waals surface area (Å²) in [4.78, 5) is 11.9. The third kappa shape index (κ3) is 2.64. The maximum Gasteiger partial charge on any atom is 0.253 e. The number of halogens is 1. The standard InChI is InChI=1S/C13H16ClN3O/c1-8(2)5-10-7-13(18)17(16-10)12-4-3-9(14)6-11(12)15/h3-4,6,8H,5,7,15H2,1-2H3. The topological polar surface area (TPSA) is 58.7 Å². The molecule has 0 radical (unpaired) electrons. The van der Waals surface area contributed by atoms with Crippen molar-refractivity contribution in [2.24, 2.45) is 11.0 Å². The molecule has 0 fully saturated rings. The van der Waals surface area contributed by atoms with Crippen LogP contribution in [0, 0.1) is 5.92 Å². The fraction of sp³-hybridized carbons (Fsp3) is 0.385. The molecule has 0 saturated heterocycles. The molecule has 0 atom stereocenters. The highest BCUT2D eigenvalue weighted by Crippen LogP contribution is 2.30. The van der Waals surface area contributed by atoms with Crippen molar-refractivity contribution in [3.63, 3.8) is 0 Å². The number of nitrogens with two attached hydrogens (primary N) is 1. The number of hydrogen-bond acceptors (Lipinski definition) is 3.